The number of rotatable bonds is 31. The Balaban J connectivity index is 4.51. The molecule has 0 fully saturated rings. The van der Waals surface area contributed by atoms with Crippen LogP contribution in [0.3, 0.4) is 0 Å². The summed E-state index contributed by atoms with van der Waals surface area (Å²) in [6, 6.07) is -0.726. The van der Waals surface area contributed by atoms with Gasteiger partial charge in [0.15, 0.2) is 6.10 Å². The molecule has 0 N–H and O–H groups in total. The van der Waals surface area contributed by atoms with E-state index in [2.05, 4.69) is 38.2 Å². The molecule has 0 aromatic heterocycles. The van der Waals surface area contributed by atoms with Crippen LogP contribution in [0.15, 0.2) is 24.3 Å². The smallest absolute Gasteiger partial charge is 0.306 e. The van der Waals surface area contributed by atoms with Gasteiger partial charge in [0.1, 0.15) is 12.6 Å². The van der Waals surface area contributed by atoms with E-state index in [1.165, 1.54) is 57.8 Å². The van der Waals surface area contributed by atoms with E-state index in [1.54, 1.807) is 21.1 Å². The summed E-state index contributed by atoms with van der Waals surface area (Å²) >= 11 is 0. The number of nitrogens with zero attached hydrogens (tertiary/aromatic N) is 1. The van der Waals surface area contributed by atoms with Gasteiger partial charge in [0, 0.05) is 19.3 Å². The van der Waals surface area contributed by atoms with E-state index in [0.717, 1.165) is 44.9 Å². The second-order valence-electron chi connectivity index (χ2n) is 13.1. The number of ether oxygens (including phenoxy) is 3. The Morgan fingerprint density at radius 3 is 1.71 bits per heavy atom. The predicted molar refractivity (Wildman–Crippen MR) is 180 cm³/mol. The number of hydrogen-bond acceptors (Lipinski definition) is 7. The summed E-state index contributed by atoms with van der Waals surface area (Å²) < 4.78 is 17.0. The van der Waals surface area contributed by atoms with Gasteiger partial charge in [0.2, 0.25) is 0 Å². The molecule has 2 atom stereocenters. The molecule has 0 aromatic carbocycles. The van der Waals surface area contributed by atoms with Crippen molar-refractivity contribution in [2.75, 3.05) is 41.0 Å². The molecule has 45 heavy (non-hydrogen) atoms. The van der Waals surface area contributed by atoms with Crippen molar-refractivity contribution in [2.24, 2.45) is 0 Å². The molecule has 0 aliphatic heterocycles. The largest absolute Gasteiger partial charge is 0.544 e. The third kappa shape index (κ3) is 27.8. The Bertz CT molecular complexity index is 803. The summed E-state index contributed by atoms with van der Waals surface area (Å²) in [6.07, 6.45) is 27.8. The molecule has 0 rings (SSSR count). The normalized spacial score (nSPS) is 13.4. The van der Waals surface area contributed by atoms with Crippen LogP contribution in [0.1, 0.15) is 142 Å². The van der Waals surface area contributed by atoms with E-state index in [1.807, 2.05) is 0 Å². The molecule has 0 aliphatic rings. The maximum atomic E-state index is 12.6. The van der Waals surface area contributed by atoms with Crippen LogP contribution in [0.25, 0.3) is 0 Å². The lowest BCUT2D eigenvalue weighted by Gasteiger charge is -2.34. The zero-order valence-corrected chi connectivity index (χ0v) is 29.5. The summed E-state index contributed by atoms with van der Waals surface area (Å²) in [5.74, 6) is -1.80. The van der Waals surface area contributed by atoms with Gasteiger partial charge < -0.3 is 28.6 Å². The SMILES string of the molecule is CCCCC/C=C/CCCCCCCC(=O)OC(COCCC(C(=O)[O-])[N+](C)(C)C)COC(=O)CCC/C=C/CCCCCC. The van der Waals surface area contributed by atoms with Crippen LogP contribution in [-0.4, -0.2) is 75.5 Å². The predicted octanol–water partition coefficient (Wildman–Crippen LogP) is 7.24. The monoisotopic (exact) mass is 637 g/mol. The van der Waals surface area contributed by atoms with Crippen molar-refractivity contribution in [3.05, 3.63) is 24.3 Å². The number of carboxylic acids is 1. The Morgan fingerprint density at radius 2 is 1.13 bits per heavy atom. The fourth-order valence-electron chi connectivity index (χ4n) is 4.95. The second kappa shape index (κ2) is 29.2. The summed E-state index contributed by atoms with van der Waals surface area (Å²) in [4.78, 5) is 36.4. The number of carbonyl (C=O) groups is 3. The summed E-state index contributed by atoms with van der Waals surface area (Å²) in [7, 11) is 5.38. The minimum atomic E-state index is -1.13. The number of esters is 2. The molecule has 0 aliphatic carbocycles. The van der Waals surface area contributed by atoms with Crippen LogP contribution in [0.4, 0.5) is 0 Å². The van der Waals surface area contributed by atoms with Crippen molar-refractivity contribution in [1.29, 1.82) is 0 Å². The van der Waals surface area contributed by atoms with Crippen LogP contribution in [0, 0.1) is 0 Å². The first kappa shape index (κ1) is 42.8. The fourth-order valence-corrected chi connectivity index (χ4v) is 4.95. The van der Waals surface area contributed by atoms with Gasteiger partial charge in [-0.2, -0.15) is 0 Å². The van der Waals surface area contributed by atoms with Crippen molar-refractivity contribution >= 4 is 17.9 Å². The molecule has 2 unspecified atom stereocenters. The molecule has 0 bridgehead atoms. The van der Waals surface area contributed by atoms with Crippen LogP contribution in [0.5, 0.6) is 0 Å². The van der Waals surface area contributed by atoms with Gasteiger partial charge in [-0.05, 0) is 57.8 Å². The van der Waals surface area contributed by atoms with E-state index in [9.17, 15) is 19.5 Å². The van der Waals surface area contributed by atoms with Gasteiger partial charge in [-0.3, -0.25) is 9.59 Å². The lowest BCUT2D eigenvalue weighted by Crippen LogP contribution is -2.55. The maximum Gasteiger partial charge on any atom is 0.306 e. The average Bonchev–Trinajstić information content (AvgIpc) is 2.98. The summed E-state index contributed by atoms with van der Waals surface area (Å²) in [6.45, 7) is 4.54. The number of quaternary nitrogens is 1. The zero-order valence-electron chi connectivity index (χ0n) is 29.5. The number of aliphatic carboxylic acids is 1. The molecular formula is C37H67NO7. The van der Waals surface area contributed by atoms with E-state index in [0.29, 0.717) is 19.3 Å². The highest BCUT2D eigenvalue weighted by atomic mass is 16.6. The van der Waals surface area contributed by atoms with Gasteiger partial charge in [0.25, 0.3) is 0 Å². The van der Waals surface area contributed by atoms with Crippen molar-refractivity contribution in [3.63, 3.8) is 0 Å². The first-order chi connectivity index (χ1) is 21.6. The maximum absolute atomic E-state index is 12.6. The van der Waals surface area contributed by atoms with Crippen molar-refractivity contribution < 1.29 is 38.2 Å². The molecule has 262 valence electrons. The fraction of sp³-hybridized carbons (Fsp3) is 0.811. The quantitative estimate of drug-likeness (QED) is 0.0342. The van der Waals surface area contributed by atoms with E-state index >= 15 is 0 Å². The van der Waals surface area contributed by atoms with E-state index in [-0.39, 0.29) is 42.7 Å². The van der Waals surface area contributed by atoms with Crippen molar-refractivity contribution in [2.45, 2.75) is 154 Å². The standard InChI is InChI=1S/C37H67NO7/c1-6-8-10-12-14-16-17-18-20-22-24-26-28-36(40)45-33(31-43-30-29-34(37(41)42)38(3,4)5)32-44-35(39)27-25-23-21-19-15-13-11-9-7-2/h14,16,19,21,33-34H,6-13,15,17-18,20,22-32H2,1-5H3/b16-14+,21-19+. The lowest BCUT2D eigenvalue weighted by molar-refractivity contribution is -0.889. The zero-order chi connectivity index (χ0) is 33.6. The molecule has 0 spiro atoms. The lowest BCUT2D eigenvalue weighted by atomic mass is 10.1. The van der Waals surface area contributed by atoms with Crippen LogP contribution < -0.4 is 5.11 Å². The van der Waals surface area contributed by atoms with E-state index < -0.39 is 18.1 Å². The number of likely N-dealkylation sites (N-methyl/N-ethyl adjacent to an activating group) is 1. The topological polar surface area (TPSA) is 102 Å². The van der Waals surface area contributed by atoms with Gasteiger partial charge in [-0.1, -0.05) is 89.5 Å². The number of carboxylic acid groups (broad SMARTS) is 1. The molecule has 0 saturated heterocycles. The highest BCUT2D eigenvalue weighted by Crippen LogP contribution is 2.12. The van der Waals surface area contributed by atoms with Gasteiger partial charge >= 0.3 is 11.9 Å². The van der Waals surface area contributed by atoms with Crippen LogP contribution >= 0.6 is 0 Å². The first-order valence-corrected chi connectivity index (χ1v) is 17.9. The van der Waals surface area contributed by atoms with Gasteiger partial charge in [-0.25, -0.2) is 0 Å². The van der Waals surface area contributed by atoms with Gasteiger partial charge in [0.05, 0.1) is 40.3 Å². The number of hydrogen-bond donors (Lipinski definition) is 0. The Kier molecular flexibility index (Phi) is 27.8. The molecule has 8 heteroatoms. The molecule has 0 heterocycles. The Morgan fingerprint density at radius 1 is 0.644 bits per heavy atom. The third-order valence-electron chi connectivity index (χ3n) is 7.81. The van der Waals surface area contributed by atoms with Crippen LogP contribution in [-0.2, 0) is 28.6 Å². The summed E-state index contributed by atoms with van der Waals surface area (Å²) in [5, 5.41) is 11.5. The van der Waals surface area contributed by atoms with E-state index in [4.69, 9.17) is 14.2 Å². The first-order valence-electron chi connectivity index (χ1n) is 17.9. The van der Waals surface area contributed by atoms with Crippen LogP contribution in [0.2, 0.25) is 0 Å². The Hall–Kier alpha value is -2.19. The second-order valence-corrected chi connectivity index (χ2v) is 13.1. The molecule has 0 saturated carbocycles. The highest BCUT2D eigenvalue weighted by molar-refractivity contribution is 5.70. The average molecular weight is 638 g/mol. The van der Waals surface area contributed by atoms with Crippen molar-refractivity contribution in [3.8, 4) is 0 Å². The molecule has 0 radical (unpaired) electrons. The molecular weight excluding hydrogens is 570 g/mol. The summed E-state index contributed by atoms with van der Waals surface area (Å²) in [5.41, 5.74) is 0. The minimum absolute atomic E-state index is 0.0304. The third-order valence-corrected chi connectivity index (χ3v) is 7.81. The van der Waals surface area contributed by atoms with Crippen molar-refractivity contribution in [1.82, 2.24) is 0 Å². The van der Waals surface area contributed by atoms with Gasteiger partial charge in [-0.15, -0.1) is 0 Å². The highest BCUT2D eigenvalue weighted by Gasteiger charge is 2.25. The molecule has 0 amide bonds. The molecule has 0 aromatic rings. The number of carbonyl (C=O) groups excluding carboxylic acids is 3. The Labute approximate surface area is 275 Å². The number of allylic oxidation sites excluding steroid dienone is 4. The number of unbranched alkanes of at least 4 members (excludes halogenated alkanes) is 13. The minimum Gasteiger partial charge on any atom is -0.544 e. The molecule has 8 nitrogen and oxygen atoms in total.